The molecule has 1 unspecified atom stereocenters. The first-order valence-electron chi connectivity index (χ1n) is 7.37. The first-order chi connectivity index (χ1) is 9.66. The van der Waals surface area contributed by atoms with Gasteiger partial charge in [0, 0.05) is 12.0 Å². The summed E-state index contributed by atoms with van der Waals surface area (Å²) in [5.41, 5.74) is -0.136. The van der Waals surface area contributed by atoms with E-state index in [9.17, 15) is 9.90 Å². The van der Waals surface area contributed by atoms with Crippen molar-refractivity contribution in [3.05, 3.63) is 0 Å². The highest BCUT2D eigenvalue weighted by atomic mass is 16.5. The molecule has 2 N–H and O–H groups in total. The van der Waals surface area contributed by atoms with Crippen molar-refractivity contribution in [1.82, 2.24) is 10.2 Å². The molecule has 3 aliphatic rings. The van der Waals surface area contributed by atoms with Gasteiger partial charge in [-0.1, -0.05) is 0 Å². The maximum Gasteiger partial charge on any atom is 0.318 e. The van der Waals surface area contributed by atoms with Crippen LogP contribution in [0.5, 0.6) is 0 Å². The number of amides is 2. The van der Waals surface area contributed by atoms with Gasteiger partial charge in [0.2, 0.25) is 0 Å². The van der Waals surface area contributed by atoms with E-state index in [1.807, 2.05) is 4.90 Å². The number of aliphatic hydroxyl groups excluding tert-OH is 1. The summed E-state index contributed by atoms with van der Waals surface area (Å²) in [7, 11) is 0. The van der Waals surface area contributed by atoms with E-state index in [4.69, 9.17) is 10.00 Å². The molecule has 6 heteroatoms. The highest BCUT2D eigenvalue weighted by molar-refractivity contribution is 5.76. The standard InChI is InChI=1S/C14H21N3O3/c15-6-10-1-2-11(5-10)16-13(19)17-7-12(8-18)20-9-14(17)3-4-14/h10-12,18H,1-5,7-9H2,(H,16,19)/t10-,11+,12?/m0/s1. The van der Waals surface area contributed by atoms with Crippen LogP contribution in [0.15, 0.2) is 0 Å². The SMILES string of the molecule is N#C[C@H]1CC[C@@H](NC(=O)N2CC(CO)OCC23CC3)C1. The third-order valence-electron chi connectivity index (χ3n) is 4.77. The van der Waals surface area contributed by atoms with Crippen LogP contribution >= 0.6 is 0 Å². The predicted molar refractivity (Wildman–Crippen MR) is 70.8 cm³/mol. The summed E-state index contributed by atoms with van der Waals surface area (Å²) in [5, 5.41) is 21.2. The Morgan fingerprint density at radius 1 is 1.50 bits per heavy atom. The number of carbonyl (C=O) groups is 1. The van der Waals surface area contributed by atoms with Crippen molar-refractivity contribution < 1.29 is 14.6 Å². The molecule has 3 atom stereocenters. The van der Waals surface area contributed by atoms with Crippen LogP contribution in [-0.4, -0.2) is 53.5 Å². The van der Waals surface area contributed by atoms with Crippen LogP contribution in [-0.2, 0) is 4.74 Å². The van der Waals surface area contributed by atoms with Gasteiger partial charge in [-0.3, -0.25) is 0 Å². The number of rotatable bonds is 2. The Balaban J connectivity index is 1.59. The second kappa shape index (κ2) is 5.23. The lowest BCUT2D eigenvalue weighted by Crippen LogP contribution is -2.58. The molecule has 1 aliphatic heterocycles. The monoisotopic (exact) mass is 279 g/mol. The molecule has 0 aromatic carbocycles. The number of hydrogen-bond acceptors (Lipinski definition) is 4. The number of carbonyl (C=O) groups excluding carboxylic acids is 1. The van der Waals surface area contributed by atoms with Gasteiger partial charge < -0.3 is 20.1 Å². The Labute approximate surface area is 118 Å². The number of aliphatic hydroxyl groups is 1. The summed E-state index contributed by atoms with van der Waals surface area (Å²) in [6.07, 6.45) is 4.18. The number of ether oxygens (including phenoxy) is 1. The van der Waals surface area contributed by atoms with Crippen LogP contribution in [0.25, 0.3) is 0 Å². The minimum absolute atomic E-state index is 0.0558. The minimum Gasteiger partial charge on any atom is -0.394 e. The molecule has 3 rings (SSSR count). The normalized spacial score (nSPS) is 34.8. The summed E-state index contributed by atoms with van der Waals surface area (Å²) in [5.74, 6) is 0.0741. The fraction of sp³-hybridized carbons (Fsp3) is 0.857. The van der Waals surface area contributed by atoms with Crippen molar-refractivity contribution in [1.29, 1.82) is 5.26 Å². The van der Waals surface area contributed by atoms with Gasteiger partial charge in [0.05, 0.1) is 37.5 Å². The van der Waals surface area contributed by atoms with Gasteiger partial charge in [0.15, 0.2) is 0 Å². The summed E-state index contributed by atoms with van der Waals surface area (Å²) in [6, 6.07) is 2.32. The van der Waals surface area contributed by atoms with E-state index in [1.165, 1.54) is 0 Å². The van der Waals surface area contributed by atoms with Crippen molar-refractivity contribution in [2.24, 2.45) is 5.92 Å². The van der Waals surface area contributed by atoms with Crippen LogP contribution in [0.2, 0.25) is 0 Å². The zero-order valence-electron chi connectivity index (χ0n) is 11.5. The molecule has 110 valence electrons. The molecule has 0 aromatic rings. The number of nitriles is 1. The van der Waals surface area contributed by atoms with Gasteiger partial charge in [0.1, 0.15) is 0 Å². The van der Waals surface area contributed by atoms with Gasteiger partial charge in [-0.15, -0.1) is 0 Å². The van der Waals surface area contributed by atoms with Gasteiger partial charge in [-0.05, 0) is 32.1 Å². The number of nitrogens with one attached hydrogen (secondary N) is 1. The third kappa shape index (κ3) is 2.48. The van der Waals surface area contributed by atoms with Crippen molar-refractivity contribution >= 4 is 6.03 Å². The first-order valence-corrected chi connectivity index (χ1v) is 7.37. The number of hydrogen-bond donors (Lipinski definition) is 2. The number of urea groups is 1. The Morgan fingerprint density at radius 3 is 2.90 bits per heavy atom. The Hall–Kier alpha value is -1.32. The maximum absolute atomic E-state index is 12.5. The molecule has 3 fully saturated rings. The van der Waals surface area contributed by atoms with Crippen LogP contribution in [0, 0.1) is 17.2 Å². The number of nitrogens with zero attached hydrogens (tertiary/aromatic N) is 2. The first kappa shape index (κ1) is 13.7. The van der Waals surface area contributed by atoms with Gasteiger partial charge in [-0.25, -0.2) is 4.79 Å². The van der Waals surface area contributed by atoms with Gasteiger partial charge >= 0.3 is 6.03 Å². The second-order valence-electron chi connectivity index (χ2n) is 6.24. The largest absolute Gasteiger partial charge is 0.394 e. The quantitative estimate of drug-likeness (QED) is 0.775. The molecular formula is C14H21N3O3. The third-order valence-corrected chi connectivity index (χ3v) is 4.77. The van der Waals surface area contributed by atoms with Crippen molar-refractivity contribution in [3.63, 3.8) is 0 Å². The molecule has 6 nitrogen and oxygen atoms in total. The predicted octanol–water partition coefficient (Wildman–Crippen LogP) is 0.614. The fourth-order valence-electron chi connectivity index (χ4n) is 3.25. The van der Waals surface area contributed by atoms with Crippen LogP contribution in [0.4, 0.5) is 4.79 Å². The van der Waals surface area contributed by atoms with Gasteiger partial charge in [0.25, 0.3) is 0 Å². The molecule has 0 bridgehead atoms. The molecule has 20 heavy (non-hydrogen) atoms. The van der Waals surface area contributed by atoms with Crippen molar-refractivity contribution in [2.45, 2.75) is 49.8 Å². The van der Waals surface area contributed by atoms with E-state index in [0.717, 1.165) is 32.1 Å². The summed E-state index contributed by atoms with van der Waals surface area (Å²) in [6.45, 7) is 0.924. The Kier molecular flexibility index (Phi) is 3.57. The van der Waals surface area contributed by atoms with E-state index in [-0.39, 0.29) is 36.2 Å². The topological polar surface area (TPSA) is 85.6 Å². The lowest BCUT2D eigenvalue weighted by molar-refractivity contribution is -0.0755. The lowest BCUT2D eigenvalue weighted by Gasteiger charge is -2.40. The van der Waals surface area contributed by atoms with E-state index in [0.29, 0.717) is 13.2 Å². The average Bonchev–Trinajstić information content (AvgIpc) is 3.08. The number of morpholine rings is 1. The summed E-state index contributed by atoms with van der Waals surface area (Å²) in [4.78, 5) is 14.3. The van der Waals surface area contributed by atoms with E-state index < -0.39 is 0 Å². The maximum atomic E-state index is 12.5. The smallest absolute Gasteiger partial charge is 0.318 e. The van der Waals surface area contributed by atoms with Crippen molar-refractivity contribution in [2.75, 3.05) is 19.8 Å². The minimum atomic E-state index is -0.276. The highest BCUT2D eigenvalue weighted by Gasteiger charge is 2.54. The summed E-state index contributed by atoms with van der Waals surface area (Å²) < 4.78 is 5.57. The molecule has 0 aromatic heterocycles. The highest BCUT2D eigenvalue weighted by Crippen LogP contribution is 2.44. The van der Waals surface area contributed by atoms with Crippen molar-refractivity contribution in [3.8, 4) is 6.07 Å². The lowest BCUT2D eigenvalue weighted by atomic mass is 10.1. The molecule has 2 saturated carbocycles. The Bertz CT molecular complexity index is 430. The molecule has 1 heterocycles. The molecule has 2 amide bonds. The second-order valence-corrected chi connectivity index (χ2v) is 6.24. The fourth-order valence-corrected chi connectivity index (χ4v) is 3.25. The van der Waals surface area contributed by atoms with Crippen LogP contribution < -0.4 is 5.32 Å². The molecule has 0 radical (unpaired) electrons. The Morgan fingerprint density at radius 2 is 2.30 bits per heavy atom. The van der Waals surface area contributed by atoms with Crippen LogP contribution in [0.1, 0.15) is 32.1 Å². The van der Waals surface area contributed by atoms with E-state index >= 15 is 0 Å². The summed E-state index contributed by atoms with van der Waals surface area (Å²) >= 11 is 0. The molecule has 1 spiro atoms. The van der Waals surface area contributed by atoms with E-state index in [1.54, 1.807) is 0 Å². The molecule has 2 aliphatic carbocycles. The zero-order valence-corrected chi connectivity index (χ0v) is 11.5. The van der Waals surface area contributed by atoms with Crippen LogP contribution in [0.3, 0.4) is 0 Å². The average molecular weight is 279 g/mol. The van der Waals surface area contributed by atoms with Gasteiger partial charge in [-0.2, -0.15) is 5.26 Å². The zero-order chi connectivity index (χ0) is 14.2. The van der Waals surface area contributed by atoms with E-state index in [2.05, 4.69) is 11.4 Å². The molecule has 1 saturated heterocycles. The molecular weight excluding hydrogens is 258 g/mol.